The van der Waals surface area contributed by atoms with Crippen LogP contribution in [0.2, 0.25) is 0 Å². The largest absolute Gasteiger partial charge is 0.477 e. The van der Waals surface area contributed by atoms with Gasteiger partial charge in [0, 0.05) is 0 Å². The number of carbonyl (C=O) groups is 1. The average molecular weight is 267 g/mol. The summed E-state index contributed by atoms with van der Waals surface area (Å²) in [6, 6.07) is 0.312. The van der Waals surface area contributed by atoms with E-state index in [4.69, 9.17) is 5.11 Å². The maximum atomic E-state index is 13.2. The van der Waals surface area contributed by atoms with E-state index in [0.29, 0.717) is 0 Å². The second kappa shape index (κ2) is 4.59. The van der Waals surface area contributed by atoms with E-state index in [1.165, 1.54) is 0 Å². The summed E-state index contributed by atoms with van der Waals surface area (Å²) in [5.41, 5.74) is -2.17. The summed E-state index contributed by atoms with van der Waals surface area (Å²) in [5.74, 6) is -9.77. The van der Waals surface area contributed by atoms with Gasteiger partial charge in [0.05, 0.1) is 17.4 Å². The Morgan fingerprint density at radius 3 is 2.33 bits per heavy atom. The molecule has 0 spiro atoms. The zero-order valence-corrected chi connectivity index (χ0v) is 8.49. The van der Waals surface area contributed by atoms with Crippen LogP contribution in [0.25, 0.3) is 0 Å². The van der Waals surface area contributed by atoms with Gasteiger partial charge in [-0.3, -0.25) is 10.1 Å². The number of nitro benzene ring substituents is 1. The van der Waals surface area contributed by atoms with Gasteiger partial charge in [-0.15, -0.1) is 0 Å². The quantitative estimate of drug-likeness (QED) is 0.514. The summed E-state index contributed by atoms with van der Waals surface area (Å²) in [4.78, 5) is 19.1. The number of benzene rings is 1. The van der Waals surface area contributed by atoms with Crippen LogP contribution >= 0.6 is 0 Å². The molecule has 0 unspecified atom stereocenters. The minimum atomic E-state index is -4.29. The number of nitro groups is 1. The first-order chi connectivity index (χ1) is 8.15. The van der Waals surface area contributed by atoms with Crippen molar-refractivity contribution in [3.63, 3.8) is 0 Å². The van der Waals surface area contributed by atoms with Crippen molar-refractivity contribution in [1.82, 2.24) is 0 Å². The minimum absolute atomic E-state index is 0.128. The monoisotopic (exact) mass is 267 g/mol. The van der Waals surface area contributed by atoms with Gasteiger partial charge in [0.25, 0.3) is 0 Å². The molecule has 0 saturated heterocycles. The fourth-order valence-corrected chi connectivity index (χ4v) is 1.17. The van der Waals surface area contributed by atoms with Crippen LogP contribution in [0, 0.1) is 21.7 Å². The van der Waals surface area contributed by atoms with Crippen LogP contribution in [0.3, 0.4) is 0 Å². The molecule has 0 bridgehead atoms. The SMILES string of the molecule is O=C(O)C(F)(F)Cc1cc(F)c([N+](=O)[O-])cc1F. The third-order valence-electron chi connectivity index (χ3n) is 2.04. The molecule has 1 rings (SSSR count). The third-order valence-corrected chi connectivity index (χ3v) is 2.04. The highest BCUT2D eigenvalue weighted by atomic mass is 19.3. The van der Waals surface area contributed by atoms with Crippen molar-refractivity contribution < 1.29 is 32.4 Å². The summed E-state index contributed by atoms with van der Waals surface area (Å²) in [6.45, 7) is 0. The van der Waals surface area contributed by atoms with Gasteiger partial charge in [0.1, 0.15) is 5.82 Å². The lowest BCUT2D eigenvalue weighted by Gasteiger charge is -2.11. The first kappa shape index (κ1) is 13.9. The average Bonchev–Trinajstić information content (AvgIpc) is 2.21. The zero-order valence-electron chi connectivity index (χ0n) is 8.49. The molecule has 18 heavy (non-hydrogen) atoms. The lowest BCUT2D eigenvalue weighted by atomic mass is 10.1. The van der Waals surface area contributed by atoms with E-state index >= 15 is 0 Å². The van der Waals surface area contributed by atoms with Gasteiger partial charge in [0.15, 0.2) is 0 Å². The maximum Gasteiger partial charge on any atom is 0.374 e. The van der Waals surface area contributed by atoms with Crippen molar-refractivity contribution in [3.8, 4) is 0 Å². The van der Waals surface area contributed by atoms with Crippen molar-refractivity contribution in [2.45, 2.75) is 12.3 Å². The second-order valence-electron chi connectivity index (χ2n) is 3.34. The Bertz CT molecular complexity index is 518. The first-order valence-corrected chi connectivity index (χ1v) is 4.38. The van der Waals surface area contributed by atoms with Crippen LogP contribution in [0.4, 0.5) is 23.2 Å². The van der Waals surface area contributed by atoms with Crippen LogP contribution < -0.4 is 0 Å². The number of hydrogen-bond acceptors (Lipinski definition) is 3. The molecular weight excluding hydrogens is 262 g/mol. The Morgan fingerprint density at radius 2 is 1.89 bits per heavy atom. The number of hydrogen-bond donors (Lipinski definition) is 1. The van der Waals surface area contributed by atoms with Crippen LogP contribution in [-0.4, -0.2) is 21.9 Å². The predicted octanol–water partition coefficient (Wildman–Crippen LogP) is 2.14. The molecule has 0 amide bonds. The Hall–Kier alpha value is -2.19. The number of carboxylic acid groups (broad SMARTS) is 1. The Balaban J connectivity index is 3.17. The van der Waals surface area contributed by atoms with Gasteiger partial charge in [0.2, 0.25) is 5.82 Å². The van der Waals surface area contributed by atoms with Gasteiger partial charge in [-0.25, -0.2) is 9.18 Å². The predicted molar refractivity (Wildman–Crippen MR) is 49.3 cm³/mol. The lowest BCUT2D eigenvalue weighted by Crippen LogP contribution is -2.31. The molecule has 0 aromatic heterocycles. The highest BCUT2D eigenvalue weighted by Crippen LogP contribution is 2.26. The lowest BCUT2D eigenvalue weighted by molar-refractivity contribution is -0.387. The molecule has 1 aromatic rings. The summed E-state index contributed by atoms with van der Waals surface area (Å²) >= 11 is 0. The van der Waals surface area contributed by atoms with E-state index < -0.39 is 46.1 Å². The molecule has 1 aromatic carbocycles. The topological polar surface area (TPSA) is 80.4 Å². The minimum Gasteiger partial charge on any atom is -0.477 e. The van der Waals surface area contributed by atoms with Gasteiger partial charge < -0.3 is 5.11 Å². The number of halogens is 4. The third kappa shape index (κ3) is 2.73. The molecule has 0 atom stereocenters. The van der Waals surface area contributed by atoms with E-state index in [1.807, 2.05) is 0 Å². The van der Waals surface area contributed by atoms with Crippen molar-refractivity contribution in [3.05, 3.63) is 39.4 Å². The molecule has 5 nitrogen and oxygen atoms in total. The number of carboxylic acids is 1. The van der Waals surface area contributed by atoms with Gasteiger partial charge >= 0.3 is 17.6 Å². The zero-order chi connectivity index (χ0) is 14.1. The summed E-state index contributed by atoms with van der Waals surface area (Å²) in [6.07, 6.45) is -1.59. The van der Waals surface area contributed by atoms with Crippen molar-refractivity contribution in [2.75, 3.05) is 0 Å². The molecule has 98 valence electrons. The smallest absolute Gasteiger partial charge is 0.374 e. The van der Waals surface area contributed by atoms with Crippen molar-refractivity contribution >= 4 is 11.7 Å². The van der Waals surface area contributed by atoms with E-state index in [1.54, 1.807) is 0 Å². The second-order valence-corrected chi connectivity index (χ2v) is 3.34. The van der Waals surface area contributed by atoms with E-state index in [-0.39, 0.29) is 12.1 Å². The normalized spacial score (nSPS) is 11.3. The van der Waals surface area contributed by atoms with Crippen LogP contribution in [-0.2, 0) is 11.2 Å². The molecule has 0 fully saturated rings. The maximum absolute atomic E-state index is 13.2. The van der Waals surface area contributed by atoms with Crippen LogP contribution in [0.1, 0.15) is 5.56 Å². The highest BCUT2D eigenvalue weighted by Gasteiger charge is 2.40. The van der Waals surface area contributed by atoms with Gasteiger partial charge in [-0.1, -0.05) is 0 Å². The summed E-state index contributed by atoms with van der Waals surface area (Å²) < 4.78 is 51.8. The molecule has 1 N–H and O–H groups in total. The number of rotatable bonds is 4. The standard InChI is InChI=1S/C9H5F4NO4/c10-5-2-7(14(17)18)6(11)1-4(5)3-9(12,13)8(15)16/h1-2H,3H2,(H,15,16). The van der Waals surface area contributed by atoms with E-state index in [0.717, 1.165) is 0 Å². The molecule has 0 aliphatic heterocycles. The molecule has 0 aliphatic carbocycles. The number of nitrogens with zero attached hydrogens (tertiary/aromatic N) is 1. The van der Waals surface area contributed by atoms with Crippen LogP contribution in [0.15, 0.2) is 12.1 Å². The molecule has 0 saturated carbocycles. The van der Waals surface area contributed by atoms with Gasteiger partial charge in [-0.2, -0.15) is 13.2 Å². The molecule has 0 radical (unpaired) electrons. The summed E-state index contributed by atoms with van der Waals surface area (Å²) in [5, 5.41) is 18.4. The first-order valence-electron chi connectivity index (χ1n) is 4.38. The Kier molecular flexibility index (Phi) is 3.54. The van der Waals surface area contributed by atoms with Crippen LogP contribution in [0.5, 0.6) is 0 Å². The Morgan fingerprint density at radius 1 is 1.33 bits per heavy atom. The van der Waals surface area contributed by atoms with Crippen molar-refractivity contribution in [2.24, 2.45) is 0 Å². The number of aliphatic carboxylic acids is 1. The van der Waals surface area contributed by atoms with E-state index in [2.05, 4.69) is 0 Å². The fraction of sp³-hybridized carbons (Fsp3) is 0.222. The molecular formula is C9H5F4NO4. The fourth-order valence-electron chi connectivity index (χ4n) is 1.17. The molecule has 0 heterocycles. The summed E-state index contributed by atoms with van der Waals surface area (Å²) in [7, 11) is 0. The number of alkyl halides is 2. The highest BCUT2D eigenvalue weighted by molar-refractivity contribution is 5.75. The molecule has 9 heteroatoms. The van der Waals surface area contributed by atoms with Gasteiger partial charge in [-0.05, 0) is 11.6 Å². The van der Waals surface area contributed by atoms with E-state index in [9.17, 15) is 32.5 Å². The Labute approximate surface area is 96.8 Å². The molecule has 0 aliphatic rings. The van der Waals surface area contributed by atoms with Crippen molar-refractivity contribution in [1.29, 1.82) is 0 Å².